The summed E-state index contributed by atoms with van der Waals surface area (Å²) in [6, 6.07) is 12.6. The van der Waals surface area contributed by atoms with Crippen LogP contribution in [0, 0.1) is 0 Å². The van der Waals surface area contributed by atoms with Crippen molar-refractivity contribution in [2.75, 3.05) is 13.2 Å². The van der Waals surface area contributed by atoms with Gasteiger partial charge in [-0.15, -0.1) is 0 Å². The molecule has 0 saturated carbocycles. The Labute approximate surface area is 149 Å². The topological polar surface area (TPSA) is 98.4 Å². The van der Waals surface area contributed by atoms with E-state index in [2.05, 4.69) is 20.5 Å². The van der Waals surface area contributed by atoms with Gasteiger partial charge in [0.1, 0.15) is 30.8 Å². The number of H-pyrrole nitrogens is 1. The first-order valence-electron chi connectivity index (χ1n) is 8.06. The summed E-state index contributed by atoms with van der Waals surface area (Å²) in [5.74, 6) is 1.82. The number of carbonyl (C=O) groups excluding carboxylic acids is 1. The molecule has 0 aliphatic carbocycles. The molecule has 0 bridgehead atoms. The molecule has 1 aliphatic rings. The Morgan fingerprint density at radius 1 is 1.12 bits per heavy atom. The molecule has 8 nitrogen and oxygen atoms in total. The van der Waals surface area contributed by atoms with E-state index >= 15 is 0 Å². The van der Waals surface area contributed by atoms with Crippen molar-refractivity contribution in [1.29, 1.82) is 0 Å². The van der Waals surface area contributed by atoms with Crippen LogP contribution in [0.15, 0.2) is 54.9 Å². The number of alkyl carbamates (subject to hydrolysis) is 1. The van der Waals surface area contributed by atoms with Gasteiger partial charge in [0.2, 0.25) is 5.88 Å². The molecule has 3 heterocycles. The summed E-state index contributed by atoms with van der Waals surface area (Å²) in [7, 11) is 0. The fraction of sp³-hybridized carbons (Fsp3) is 0.167. The van der Waals surface area contributed by atoms with Crippen molar-refractivity contribution in [2.24, 2.45) is 0 Å². The van der Waals surface area contributed by atoms with Crippen LogP contribution in [0.1, 0.15) is 0 Å². The van der Waals surface area contributed by atoms with Crippen LogP contribution in [-0.2, 0) is 4.74 Å². The number of aromatic amines is 1. The number of hydrogen-bond acceptors (Lipinski definition) is 6. The first-order chi connectivity index (χ1) is 12.8. The molecule has 1 amide bonds. The van der Waals surface area contributed by atoms with Crippen molar-refractivity contribution in [1.82, 2.24) is 20.5 Å². The molecule has 8 heteroatoms. The van der Waals surface area contributed by atoms with Gasteiger partial charge in [-0.3, -0.25) is 5.10 Å². The zero-order chi connectivity index (χ0) is 17.8. The molecule has 2 N–H and O–H groups in total. The van der Waals surface area contributed by atoms with Crippen molar-refractivity contribution in [2.45, 2.75) is 6.04 Å². The summed E-state index contributed by atoms with van der Waals surface area (Å²) >= 11 is 0. The Bertz CT molecular complexity index is 863. The third-order valence-corrected chi connectivity index (χ3v) is 3.78. The highest BCUT2D eigenvalue weighted by Crippen LogP contribution is 2.24. The van der Waals surface area contributed by atoms with E-state index in [0.717, 1.165) is 11.3 Å². The molecule has 132 valence electrons. The number of amides is 1. The number of benzene rings is 1. The van der Waals surface area contributed by atoms with E-state index in [4.69, 9.17) is 14.2 Å². The lowest BCUT2D eigenvalue weighted by atomic mass is 10.2. The summed E-state index contributed by atoms with van der Waals surface area (Å²) in [6.07, 6.45) is 3.00. The van der Waals surface area contributed by atoms with Gasteiger partial charge in [0, 0.05) is 24.0 Å². The Morgan fingerprint density at radius 3 is 2.62 bits per heavy atom. The molecule has 2 aromatic heterocycles. The van der Waals surface area contributed by atoms with Gasteiger partial charge < -0.3 is 19.5 Å². The van der Waals surface area contributed by atoms with E-state index < -0.39 is 6.09 Å². The van der Waals surface area contributed by atoms with E-state index in [1.165, 1.54) is 0 Å². The molecular weight excluding hydrogens is 336 g/mol. The maximum atomic E-state index is 11.0. The Hall–Kier alpha value is -3.55. The summed E-state index contributed by atoms with van der Waals surface area (Å²) in [4.78, 5) is 15.2. The summed E-state index contributed by atoms with van der Waals surface area (Å²) in [6.45, 7) is 0.669. The van der Waals surface area contributed by atoms with Gasteiger partial charge >= 0.3 is 6.09 Å². The highest BCUT2D eigenvalue weighted by Gasteiger charge is 2.22. The number of carbonyl (C=O) groups is 1. The molecule has 0 radical (unpaired) electrons. The predicted molar refractivity (Wildman–Crippen MR) is 92.1 cm³/mol. The van der Waals surface area contributed by atoms with Crippen LogP contribution >= 0.6 is 0 Å². The zero-order valence-corrected chi connectivity index (χ0v) is 13.7. The number of pyridine rings is 1. The Balaban J connectivity index is 1.33. The fourth-order valence-electron chi connectivity index (χ4n) is 2.45. The SMILES string of the molecule is O=C1N[C@H](COc2ccc(Oc3ccc(-c4ccn[nH]4)cn3)cc2)CO1. The first kappa shape index (κ1) is 15.9. The Kier molecular flexibility index (Phi) is 4.38. The molecule has 1 fully saturated rings. The van der Waals surface area contributed by atoms with E-state index in [9.17, 15) is 4.79 Å². The van der Waals surface area contributed by atoms with Gasteiger partial charge in [-0.1, -0.05) is 0 Å². The zero-order valence-electron chi connectivity index (χ0n) is 13.7. The van der Waals surface area contributed by atoms with Crippen LogP contribution in [0.5, 0.6) is 17.4 Å². The first-order valence-corrected chi connectivity index (χ1v) is 8.06. The second-order valence-corrected chi connectivity index (χ2v) is 5.68. The van der Waals surface area contributed by atoms with Gasteiger partial charge in [-0.25, -0.2) is 9.78 Å². The predicted octanol–water partition coefficient (Wildman–Crippen LogP) is 2.75. The van der Waals surface area contributed by atoms with E-state index in [-0.39, 0.29) is 6.04 Å². The molecule has 4 rings (SSSR count). The van der Waals surface area contributed by atoms with Gasteiger partial charge in [0.05, 0.1) is 5.69 Å². The van der Waals surface area contributed by atoms with Crippen LogP contribution in [0.25, 0.3) is 11.3 Å². The van der Waals surface area contributed by atoms with E-state index in [0.29, 0.717) is 30.6 Å². The van der Waals surface area contributed by atoms with Crippen LogP contribution in [0.4, 0.5) is 4.79 Å². The largest absolute Gasteiger partial charge is 0.491 e. The van der Waals surface area contributed by atoms with Crippen LogP contribution < -0.4 is 14.8 Å². The second-order valence-electron chi connectivity index (χ2n) is 5.68. The smallest absolute Gasteiger partial charge is 0.407 e. The number of aromatic nitrogens is 3. The summed E-state index contributed by atoms with van der Waals surface area (Å²) < 4.78 is 16.2. The number of nitrogens with one attached hydrogen (secondary N) is 2. The molecule has 3 aromatic rings. The number of nitrogens with zero attached hydrogens (tertiary/aromatic N) is 2. The molecule has 0 spiro atoms. The number of rotatable bonds is 6. The number of hydrogen-bond donors (Lipinski definition) is 2. The molecule has 26 heavy (non-hydrogen) atoms. The average Bonchev–Trinajstić information content (AvgIpc) is 3.34. The number of cyclic esters (lactones) is 1. The minimum absolute atomic E-state index is 0.129. The fourth-order valence-corrected chi connectivity index (χ4v) is 2.45. The maximum absolute atomic E-state index is 11.0. The van der Waals surface area contributed by atoms with Crippen molar-refractivity contribution < 1.29 is 19.0 Å². The molecule has 0 unspecified atom stereocenters. The monoisotopic (exact) mass is 352 g/mol. The highest BCUT2D eigenvalue weighted by atomic mass is 16.6. The van der Waals surface area contributed by atoms with Crippen molar-refractivity contribution >= 4 is 6.09 Å². The third-order valence-electron chi connectivity index (χ3n) is 3.78. The summed E-state index contributed by atoms with van der Waals surface area (Å²) in [5.41, 5.74) is 1.83. The maximum Gasteiger partial charge on any atom is 0.407 e. The standard InChI is InChI=1S/C18H16N4O4/c23-18-21-13(11-25-18)10-24-14-2-4-15(5-3-14)26-17-6-1-12(9-19-17)16-7-8-20-22-16/h1-9,13H,10-11H2,(H,20,22)(H,21,23)/t13-/m1/s1. The van der Waals surface area contributed by atoms with Gasteiger partial charge in [-0.05, 0) is 36.4 Å². The van der Waals surface area contributed by atoms with Gasteiger partial charge in [0.15, 0.2) is 0 Å². The Morgan fingerprint density at radius 2 is 1.96 bits per heavy atom. The van der Waals surface area contributed by atoms with Crippen LogP contribution in [0.2, 0.25) is 0 Å². The van der Waals surface area contributed by atoms with Gasteiger partial charge in [0.25, 0.3) is 0 Å². The quantitative estimate of drug-likeness (QED) is 0.708. The van der Waals surface area contributed by atoms with Crippen LogP contribution in [0.3, 0.4) is 0 Å². The second kappa shape index (κ2) is 7.14. The van der Waals surface area contributed by atoms with E-state index in [1.807, 2.05) is 12.1 Å². The lowest BCUT2D eigenvalue weighted by molar-refractivity contribution is 0.174. The molecular formula is C18H16N4O4. The lowest BCUT2D eigenvalue weighted by Gasteiger charge is -2.11. The minimum Gasteiger partial charge on any atom is -0.491 e. The van der Waals surface area contributed by atoms with Gasteiger partial charge in [-0.2, -0.15) is 5.10 Å². The normalized spacial score (nSPS) is 16.0. The van der Waals surface area contributed by atoms with Crippen molar-refractivity contribution in [3.8, 4) is 28.6 Å². The minimum atomic E-state index is -0.409. The van der Waals surface area contributed by atoms with Crippen molar-refractivity contribution in [3.05, 3.63) is 54.9 Å². The molecule has 1 aromatic carbocycles. The van der Waals surface area contributed by atoms with E-state index in [1.54, 1.807) is 42.7 Å². The third kappa shape index (κ3) is 3.75. The average molecular weight is 352 g/mol. The highest BCUT2D eigenvalue weighted by molar-refractivity contribution is 5.69. The lowest BCUT2D eigenvalue weighted by Crippen LogP contribution is -2.32. The number of ether oxygens (including phenoxy) is 3. The molecule has 1 saturated heterocycles. The van der Waals surface area contributed by atoms with Crippen molar-refractivity contribution in [3.63, 3.8) is 0 Å². The van der Waals surface area contributed by atoms with Crippen LogP contribution in [-0.4, -0.2) is 40.5 Å². The molecule has 1 aliphatic heterocycles. The molecule has 1 atom stereocenters. The summed E-state index contributed by atoms with van der Waals surface area (Å²) in [5, 5.41) is 9.46.